The van der Waals surface area contributed by atoms with Gasteiger partial charge in [-0.2, -0.15) is 0 Å². The van der Waals surface area contributed by atoms with Gasteiger partial charge in [0.1, 0.15) is 0 Å². The highest BCUT2D eigenvalue weighted by Gasteiger charge is 2.19. The number of hydrogen-bond acceptors (Lipinski definition) is 4. The number of nitrogens with one attached hydrogen (secondary N) is 2. The van der Waals surface area contributed by atoms with Crippen molar-refractivity contribution in [3.05, 3.63) is 64.7 Å². The molecule has 0 heterocycles. The molecule has 1 unspecified atom stereocenters. The van der Waals surface area contributed by atoms with Gasteiger partial charge in [0, 0.05) is 25.6 Å². The summed E-state index contributed by atoms with van der Waals surface area (Å²) in [5.41, 5.74) is 9.37. The van der Waals surface area contributed by atoms with Crippen molar-refractivity contribution in [2.75, 3.05) is 13.1 Å². The maximum Gasteiger partial charge on any atom is 0.241 e. The Morgan fingerprint density at radius 2 is 1.64 bits per heavy atom. The molecule has 0 saturated heterocycles. The van der Waals surface area contributed by atoms with Crippen LogP contribution in [0.3, 0.4) is 0 Å². The number of hydrogen-bond donors (Lipinski definition) is 3. The van der Waals surface area contributed by atoms with Gasteiger partial charge < -0.3 is 11.1 Å². The summed E-state index contributed by atoms with van der Waals surface area (Å²) in [6, 6.07) is 12.8. The van der Waals surface area contributed by atoms with E-state index in [2.05, 4.69) is 10.0 Å². The van der Waals surface area contributed by atoms with Gasteiger partial charge in [0.25, 0.3) is 0 Å². The minimum Gasteiger partial charge on any atom is -0.354 e. The van der Waals surface area contributed by atoms with Gasteiger partial charge in [-0.1, -0.05) is 48.0 Å². The molecule has 0 fully saturated rings. The molecule has 2 aromatic rings. The quantitative estimate of drug-likeness (QED) is 0.604. The molecule has 28 heavy (non-hydrogen) atoms. The molecule has 0 aromatic heterocycles. The van der Waals surface area contributed by atoms with Gasteiger partial charge in [0.15, 0.2) is 0 Å². The molecule has 6 nitrogen and oxygen atoms in total. The zero-order valence-electron chi connectivity index (χ0n) is 16.4. The van der Waals surface area contributed by atoms with E-state index in [-0.39, 0.29) is 42.2 Å². The van der Waals surface area contributed by atoms with Crippen molar-refractivity contribution in [1.82, 2.24) is 10.0 Å². The molecular weight excluding hydrogens is 398 g/mol. The van der Waals surface area contributed by atoms with Gasteiger partial charge in [0.05, 0.1) is 4.90 Å². The molecular formula is C20H28ClN3O3S. The number of sulfonamides is 1. The van der Waals surface area contributed by atoms with Crippen LogP contribution in [0.5, 0.6) is 0 Å². The van der Waals surface area contributed by atoms with E-state index in [1.165, 1.54) is 0 Å². The van der Waals surface area contributed by atoms with Crippen molar-refractivity contribution in [2.45, 2.75) is 38.1 Å². The van der Waals surface area contributed by atoms with Crippen LogP contribution in [-0.4, -0.2) is 27.4 Å². The Kier molecular flexibility index (Phi) is 9.10. The molecule has 1 amide bonds. The third-order valence-corrected chi connectivity index (χ3v) is 6.03. The molecule has 8 heteroatoms. The van der Waals surface area contributed by atoms with Crippen molar-refractivity contribution in [1.29, 1.82) is 0 Å². The molecule has 0 saturated carbocycles. The average Bonchev–Trinajstić information content (AvgIpc) is 2.59. The molecule has 154 valence electrons. The highest BCUT2D eigenvalue weighted by atomic mass is 35.5. The highest BCUT2D eigenvalue weighted by Crippen LogP contribution is 2.21. The molecule has 0 aliphatic heterocycles. The monoisotopic (exact) mass is 425 g/mol. The maximum atomic E-state index is 12.6. The van der Waals surface area contributed by atoms with E-state index < -0.39 is 10.0 Å². The van der Waals surface area contributed by atoms with Gasteiger partial charge in [-0.05, 0) is 37.5 Å². The predicted molar refractivity (Wildman–Crippen MR) is 114 cm³/mol. The van der Waals surface area contributed by atoms with E-state index in [1.807, 2.05) is 49.4 Å². The first-order valence-electron chi connectivity index (χ1n) is 8.85. The number of nitrogens with two attached hydrogens (primary N) is 1. The van der Waals surface area contributed by atoms with Gasteiger partial charge in [-0.15, -0.1) is 12.4 Å². The maximum absolute atomic E-state index is 12.6. The van der Waals surface area contributed by atoms with Crippen LogP contribution in [0.15, 0.2) is 47.4 Å². The standard InChI is InChI=1S/C20H27N3O3S.ClH/c1-14-11-15(2)20(16(3)12-14)27(25,26)23-10-9-19(24)22-13-18(21)17-7-5-4-6-8-17;/h4-8,11-12,18,23H,9-10,13,21H2,1-3H3,(H,22,24);1H. The fourth-order valence-corrected chi connectivity index (χ4v) is 4.57. The normalized spacial score (nSPS) is 12.1. The van der Waals surface area contributed by atoms with Crippen molar-refractivity contribution in [3.8, 4) is 0 Å². The summed E-state index contributed by atoms with van der Waals surface area (Å²) in [6.07, 6.45) is 0.0463. The number of carbonyl (C=O) groups excluding carboxylic acids is 1. The second-order valence-corrected chi connectivity index (χ2v) is 8.40. The molecule has 2 rings (SSSR count). The van der Waals surface area contributed by atoms with Crippen molar-refractivity contribution < 1.29 is 13.2 Å². The fourth-order valence-electron chi connectivity index (χ4n) is 3.09. The summed E-state index contributed by atoms with van der Waals surface area (Å²) in [6.45, 7) is 5.79. The van der Waals surface area contributed by atoms with Crippen molar-refractivity contribution in [2.24, 2.45) is 5.73 Å². The van der Waals surface area contributed by atoms with E-state index >= 15 is 0 Å². The van der Waals surface area contributed by atoms with Crippen molar-refractivity contribution in [3.63, 3.8) is 0 Å². The zero-order chi connectivity index (χ0) is 20.0. The lowest BCUT2D eigenvalue weighted by Crippen LogP contribution is -2.35. The van der Waals surface area contributed by atoms with Gasteiger partial charge in [-0.3, -0.25) is 4.79 Å². The van der Waals surface area contributed by atoms with Crippen LogP contribution in [0.4, 0.5) is 0 Å². The van der Waals surface area contributed by atoms with Crippen LogP contribution in [0.1, 0.15) is 34.7 Å². The van der Waals surface area contributed by atoms with Crippen LogP contribution in [0, 0.1) is 20.8 Å². The van der Waals surface area contributed by atoms with Gasteiger partial charge >= 0.3 is 0 Å². The van der Waals surface area contributed by atoms with Crippen LogP contribution in [-0.2, 0) is 14.8 Å². The zero-order valence-corrected chi connectivity index (χ0v) is 18.0. The van der Waals surface area contributed by atoms with Gasteiger partial charge in [-0.25, -0.2) is 13.1 Å². The Morgan fingerprint density at radius 3 is 2.21 bits per heavy atom. The predicted octanol–water partition coefficient (Wildman–Crippen LogP) is 2.52. The third-order valence-electron chi connectivity index (χ3n) is 4.26. The Hall–Kier alpha value is -1.93. The number of aryl methyl sites for hydroxylation is 3. The number of rotatable bonds is 8. The smallest absolute Gasteiger partial charge is 0.241 e. The minimum absolute atomic E-state index is 0. The Labute approximate surface area is 173 Å². The summed E-state index contributed by atoms with van der Waals surface area (Å²) in [5.74, 6) is -0.249. The average molecular weight is 426 g/mol. The lowest BCUT2D eigenvalue weighted by molar-refractivity contribution is -0.121. The number of halogens is 1. The first kappa shape index (κ1) is 24.1. The fraction of sp³-hybridized carbons (Fsp3) is 0.350. The first-order chi connectivity index (χ1) is 12.7. The molecule has 0 bridgehead atoms. The topological polar surface area (TPSA) is 101 Å². The van der Waals surface area contributed by atoms with Crippen LogP contribution < -0.4 is 15.8 Å². The second kappa shape index (κ2) is 10.6. The Morgan fingerprint density at radius 1 is 1.07 bits per heavy atom. The minimum atomic E-state index is -3.66. The van der Waals surface area contributed by atoms with E-state index in [0.29, 0.717) is 17.7 Å². The van der Waals surface area contributed by atoms with E-state index in [0.717, 1.165) is 11.1 Å². The Bertz CT molecular complexity index is 879. The molecule has 0 aliphatic rings. The third kappa shape index (κ3) is 6.60. The number of amides is 1. The molecule has 1 atom stereocenters. The Balaban J connectivity index is 0.00000392. The number of carbonyl (C=O) groups is 1. The van der Waals surface area contributed by atoms with E-state index in [9.17, 15) is 13.2 Å². The first-order valence-corrected chi connectivity index (χ1v) is 10.3. The summed E-state index contributed by atoms with van der Waals surface area (Å²) >= 11 is 0. The summed E-state index contributed by atoms with van der Waals surface area (Å²) in [7, 11) is -3.66. The summed E-state index contributed by atoms with van der Waals surface area (Å²) in [5, 5.41) is 2.74. The molecule has 0 radical (unpaired) electrons. The number of benzene rings is 2. The van der Waals surface area contributed by atoms with E-state index in [4.69, 9.17) is 5.73 Å². The summed E-state index contributed by atoms with van der Waals surface area (Å²) in [4.78, 5) is 12.3. The van der Waals surface area contributed by atoms with Gasteiger partial charge in [0.2, 0.25) is 15.9 Å². The van der Waals surface area contributed by atoms with E-state index in [1.54, 1.807) is 13.8 Å². The molecule has 0 spiro atoms. The molecule has 2 aromatic carbocycles. The summed E-state index contributed by atoms with van der Waals surface area (Å²) < 4.78 is 27.6. The highest BCUT2D eigenvalue weighted by molar-refractivity contribution is 7.89. The second-order valence-electron chi connectivity index (χ2n) is 6.70. The SMILES string of the molecule is Cc1cc(C)c(S(=O)(=O)NCCC(=O)NCC(N)c2ccccc2)c(C)c1.Cl. The van der Waals surface area contributed by atoms with Crippen LogP contribution in [0.25, 0.3) is 0 Å². The largest absolute Gasteiger partial charge is 0.354 e. The molecule has 0 aliphatic carbocycles. The lowest BCUT2D eigenvalue weighted by Gasteiger charge is -2.14. The van der Waals surface area contributed by atoms with Crippen LogP contribution in [0.2, 0.25) is 0 Å². The van der Waals surface area contributed by atoms with Crippen LogP contribution >= 0.6 is 12.4 Å². The molecule has 4 N–H and O–H groups in total. The van der Waals surface area contributed by atoms with Crippen molar-refractivity contribution >= 4 is 28.3 Å². The lowest BCUT2D eigenvalue weighted by atomic mass is 10.1.